The van der Waals surface area contributed by atoms with Crippen LogP contribution in [0.1, 0.15) is 48.4 Å². The SMILES string of the molecule is Cc1nnc(CC2CCC(c3ncc(-c4ccc(NC(N)=O)cc4)s3)CC2)o1. The van der Waals surface area contributed by atoms with E-state index in [4.69, 9.17) is 10.2 Å². The third-order valence-electron chi connectivity index (χ3n) is 5.19. The van der Waals surface area contributed by atoms with Gasteiger partial charge in [0.1, 0.15) is 0 Å². The highest BCUT2D eigenvalue weighted by Crippen LogP contribution is 2.40. The third-order valence-corrected chi connectivity index (χ3v) is 6.40. The monoisotopic (exact) mass is 397 g/mol. The van der Waals surface area contributed by atoms with Gasteiger partial charge in [-0.1, -0.05) is 12.1 Å². The predicted molar refractivity (Wildman–Crippen MR) is 108 cm³/mol. The van der Waals surface area contributed by atoms with E-state index in [9.17, 15) is 4.79 Å². The minimum absolute atomic E-state index is 0.523. The molecule has 0 atom stereocenters. The molecule has 2 amide bonds. The molecule has 0 spiro atoms. The molecular formula is C20H23N5O2S. The zero-order chi connectivity index (χ0) is 19.5. The summed E-state index contributed by atoms with van der Waals surface area (Å²) in [6, 6.07) is 7.10. The van der Waals surface area contributed by atoms with Crippen LogP contribution in [0.4, 0.5) is 10.5 Å². The molecule has 0 aliphatic heterocycles. The maximum Gasteiger partial charge on any atom is 0.316 e. The lowest BCUT2D eigenvalue weighted by molar-refractivity contribution is 0.259. The molecule has 7 nitrogen and oxygen atoms in total. The Hall–Kier alpha value is -2.74. The Morgan fingerprint density at radius 2 is 1.96 bits per heavy atom. The van der Waals surface area contributed by atoms with Crippen LogP contribution in [0.3, 0.4) is 0 Å². The average molecular weight is 398 g/mol. The van der Waals surface area contributed by atoms with E-state index in [1.165, 1.54) is 5.01 Å². The lowest BCUT2D eigenvalue weighted by atomic mass is 9.81. The Labute approximate surface area is 167 Å². The number of urea groups is 1. The summed E-state index contributed by atoms with van der Waals surface area (Å²) in [6.45, 7) is 1.83. The van der Waals surface area contributed by atoms with E-state index < -0.39 is 6.03 Å². The molecule has 1 aromatic carbocycles. The molecule has 0 unspecified atom stereocenters. The van der Waals surface area contributed by atoms with Crippen molar-refractivity contribution in [1.82, 2.24) is 15.2 Å². The van der Waals surface area contributed by atoms with Crippen LogP contribution in [0, 0.1) is 12.8 Å². The van der Waals surface area contributed by atoms with Crippen molar-refractivity contribution in [3.63, 3.8) is 0 Å². The minimum Gasteiger partial charge on any atom is -0.426 e. The number of amides is 2. The molecule has 1 fully saturated rings. The van der Waals surface area contributed by atoms with Crippen LogP contribution in [0.2, 0.25) is 0 Å². The molecule has 1 aliphatic rings. The smallest absolute Gasteiger partial charge is 0.316 e. The summed E-state index contributed by atoms with van der Waals surface area (Å²) in [5.74, 6) is 2.53. The topological polar surface area (TPSA) is 107 Å². The number of nitrogens with one attached hydrogen (secondary N) is 1. The van der Waals surface area contributed by atoms with Gasteiger partial charge in [-0.3, -0.25) is 0 Å². The molecule has 8 heteroatoms. The van der Waals surface area contributed by atoms with Crippen LogP contribution in [-0.2, 0) is 6.42 Å². The maximum absolute atomic E-state index is 10.9. The van der Waals surface area contributed by atoms with Gasteiger partial charge in [0.25, 0.3) is 0 Å². The van der Waals surface area contributed by atoms with E-state index in [1.54, 1.807) is 11.3 Å². The fourth-order valence-corrected chi connectivity index (χ4v) is 4.84. The van der Waals surface area contributed by atoms with E-state index in [-0.39, 0.29) is 0 Å². The normalized spacial score (nSPS) is 19.5. The number of nitrogens with two attached hydrogens (primary N) is 1. The Morgan fingerprint density at radius 1 is 1.21 bits per heavy atom. The Balaban J connectivity index is 1.35. The summed E-state index contributed by atoms with van der Waals surface area (Å²) >= 11 is 1.76. The number of aromatic nitrogens is 3. The molecule has 0 radical (unpaired) electrons. The van der Waals surface area contributed by atoms with Gasteiger partial charge in [0, 0.05) is 31.1 Å². The first kappa shape index (κ1) is 18.6. The second-order valence-electron chi connectivity index (χ2n) is 7.27. The van der Waals surface area contributed by atoms with Crippen molar-refractivity contribution in [2.24, 2.45) is 11.7 Å². The second-order valence-corrected chi connectivity index (χ2v) is 8.33. The lowest BCUT2D eigenvalue weighted by Crippen LogP contribution is -2.19. The Morgan fingerprint density at radius 3 is 2.61 bits per heavy atom. The van der Waals surface area contributed by atoms with Crippen molar-refractivity contribution < 1.29 is 9.21 Å². The van der Waals surface area contributed by atoms with E-state index in [1.807, 2.05) is 37.4 Å². The number of thiazole rings is 1. The number of anilines is 1. The quantitative estimate of drug-likeness (QED) is 0.659. The first-order valence-electron chi connectivity index (χ1n) is 9.48. The molecule has 146 valence electrons. The van der Waals surface area contributed by atoms with Crippen LogP contribution >= 0.6 is 11.3 Å². The van der Waals surface area contributed by atoms with E-state index >= 15 is 0 Å². The fourth-order valence-electron chi connectivity index (χ4n) is 3.75. The maximum atomic E-state index is 10.9. The zero-order valence-electron chi connectivity index (χ0n) is 15.7. The largest absolute Gasteiger partial charge is 0.426 e. The summed E-state index contributed by atoms with van der Waals surface area (Å²) < 4.78 is 5.52. The Bertz CT molecular complexity index is 942. The van der Waals surface area contributed by atoms with Crippen molar-refractivity contribution in [3.8, 4) is 10.4 Å². The molecule has 28 heavy (non-hydrogen) atoms. The average Bonchev–Trinajstić information content (AvgIpc) is 3.32. The predicted octanol–water partition coefficient (Wildman–Crippen LogP) is 4.51. The van der Waals surface area contributed by atoms with Crippen molar-refractivity contribution >= 4 is 23.1 Å². The number of aryl methyl sites for hydroxylation is 1. The highest BCUT2D eigenvalue weighted by molar-refractivity contribution is 7.15. The Kier molecular flexibility index (Phi) is 5.38. The van der Waals surface area contributed by atoms with E-state index in [0.29, 0.717) is 23.4 Å². The fraction of sp³-hybridized carbons (Fsp3) is 0.400. The number of hydrogen-bond donors (Lipinski definition) is 2. The van der Waals surface area contributed by atoms with Gasteiger partial charge in [-0.2, -0.15) is 0 Å². The van der Waals surface area contributed by atoms with Gasteiger partial charge in [-0.05, 0) is 49.3 Å². The van der Waals surface area contributed by atoms with Crippen molar-refractivity contribution in [2.45, 2.75) is 44.9 Å². The van der Waals surface area contributed by atoms with Gasteiger partial charge in [0.15, 0.2) is 0 Å². The molecule has 3 aromatic rings. The highest BCUT2D eigenvalue weighted by atomic mass is 32.1. The van der Waals surface area contributed by atoms with Crippen LogP contribution in [0.5, 0.6) is 0 Å². The summed E-state index contributed by atoms with van der Waals surface area (Å²) in [5, 5.41) is 11.8. The summed E-state index contributed by atoms with van der Waals surface area (Å²) in [7, 11) is 0. The van der Waals surface area contributed by atoms with Crippen LogP contribution < -0.4 is 11.1 Å². The standard InChI is InChI=1S/C20H23N5O2S/c1-12-24-25-18(27-12)10-13-2-4-15(5-3-13)19-22-11-17(28-19)14-6-8-16(9-7-14)23-20(21)26/h6-9,11,13,15H,2-5,10H2,1H3,(H3,21,23,26). The van der Waals surface area contributed by atoms with Gasteiger partial charge < -0.3 is 15.5 Å². The molecule has 3 N–H and O–H groups in total. The summed E-state index contributed by atoms with van der Waals surface area (Å²) in [5.41, 5.74) is 6.93. The number of rotatable bonds is 5. The van der Waals surface area contributed by atoms with E-state index in [2.05, 4.69) is 20.5 Å². The lowest BCUT2D eigenvalue weighted by Gasteiger charge is -2.26. The van der Waals surface area contributed by atoms with Crippen LogP contribution in [0.25, 0.3) is 10.4 Å². The molecule has 2 aromatic heterocycles. The number of nitrogens with zero attached hydrogens (tertiary/aromatic N) is 3. The van der Waals surface area contributed by atoms with Crippen LogP contribution in [0.15, 0.2) is 34.9 Å². The van der Waals surface area contributed by atoms with Crippen molar-refractivity contribution in [1.29, 1.82) is 0 Å². The van der Waals surface area contributed by atoms with Gasteiger partial charge in [0.05, 0.1) is 9.88 Å². The first-order valence-corrected chi connectivity index (χ1v) is 10.3. The highest BCUT2D eigenvalue weighted by Gasteiger charge is 2.26. The number of carbonyl (C=O) groups is 1. The minimum atomic E-state index is -0.558. The number of carbonyl (C=O) groups excluding carboxylic acids is 1. The van der Waals surface area contributed by atoms with Gasteiger partial charge in [0.2, 0.25) is 11.8 Å². The second kappa shape index (κ2) is 8.10. The van der Waals surface area contributed by atoms with Gasteiger partial charge in [-0.25, -0.2) is 9.78 Å². The molecule has 0 saturated heterocycles. The van der Waals surface area contributed by atoms with Crippen molar-refractivity contribution in [3.05, 3.63) is 47.3 Å². The van der Waals surface area contributed by atoms with Crippen molar-refractivity contribution in [2.75, 3.05) is 5.32 Å². The molecule has 1 saturated carbocycles. The summed E-state index contributed by atoms with van der Waals surface area (Å²) in [4.78, 5) is 16.7. The van der Waals surface area contributed by atoms with Gasteiger partial charge in [-0.15, -0.1) is 21.5 Å². The number of hydrogen-bond acceptors (Lipinski definition) is 6. The first-order chi connectivity index (χ1) is 13.6. The summed E-state index contributed by atoms with van der Waals surface area (Å²) in [6.07, 6.45) is 7.44. The molecule has 0 bridgehead atoms. The third kappa shape index (κ3) is 4.39. The van der Waals surface area contributed by atoms with E-state index in [0.717, 1.165) is 48.4 Å². The number of benzene rings is 1. The molecule has 1 aliphatic carbocycles. The zero-order valence-corrected chi connectivity index (χ0v) is 16.5. The molecule has 2 heterocycles. The molecular weight excluding hydrogens is 374 g/mol. The van der Waals surface area contributed by atoms with Crippen LogP contribution in [-0.4, -0.2) is 21.2 Å². The molecule has 4 rings (SSSR count). The number of primary amides is 1. The van der Waals surface area contributed by atoms with Gasteiger partial charge >= 0.3 is 6.03 Å².